The Kier molecular flexibility index (Phi) is 7.34. The third-order valence-electron chi connectivity index (χ3n) is 3.92. The SMILES string of the molecule is CCCC1CC1NC(=NCC)NC1CCCC1.I. The monoisotopic (exact) mass is 365 g/mol. The fourth-order valence-electron chi connectivity index (χ4n) is 2.84. The molecule has 0 spiro atoms. The van der Waals surface area contributed by atoms with E-state index in [1.54, 1.807) is 0 Å². The fourth-order valence-corrected chi connectivity index (χ4v) is 2.84. The van der Waals surface area contributed by atoms with Crippen molar-refractivity contribution in [2.75, 3.05) is 6.54 Å². The zero-order chi connectivity index (χ0) is 12.1. The standard InChI is InChI=1S/C14H27N3.HI/c1-3-7-11-10-13(11)17-14(15-4-2)16-12-8-5-6-9-12;/h11-13H,3-10H2,1-2H3,(H2,15,16,17);1H. The van der Waals surface area contributed by atoms with E-state index >= 15 is 0 Å². The summed E-state index contributed by atoms with van der Waals surface area (Å²) in [6.45, 7) is 5.24. The molecule has 2 N–H and O–H groups in total. The molecule has 0 radical (unpaired) electrons. The van der Waals surface area contributed by atoms with Crippen LogP contribution in [0.4, 0.5) is 0 Å². The minimum atomic E-state index is 0. The maximum Gasteiger partial charge on any atom is 0.191 e. The van der Waals surface area contributed by atoms with E-state index in [1.807, 2.05) is 0 Å². The van der Waals surface area contributed by atoms with Crippen LogP contribution in [0.15, 0.2) is 4.99 Å². The second-order valence-corrected chi connectivity index (χ2v) is 5.48. The highest BCUT2D eigenvalue weighted by Gasteiger charge is 2.36. The van der Waals surface area contributed by atoms with Gasteiger partial charge in [0.1, 0.15) is 0 Å². The number of aliphatic imine (C=N–C) groups is 1. The van der Waals surface area contributed by atoms with Crippen molar-refractivity contribution in [3.8, 4) is 0 Å². The van der Waals surface area contributed by atoms with E-state index in [2.05, 4.69) is 29.5 Å². The van der Waals surface area contributed by atoms with E-state index < -0.39 is 0 Å². The van der Waals surface area contributed by atoms with Gasteiger partial charge in [-0.15, -0.1) is 24.0 Å². The molecule has 0 amide bonds. The molecule has 0 bridgehead atoms. The van der Waals surface area contributed by atoms with E-state index in [1.165, 1.54) is 44.9 Å². The molecule has 2 unspecified atom stereocenters. The smallest absolute Gasteiger partial charge is 0.191 e. The molecule has 2 fully saturated rings. The highest BCUT2D eigenvalue weighted by atomic mass is 127. The highest BCUT2D eigenvalue weighted by Crippen LogP contribution is 2.34. The molecule has 4 heteroatoms. The Morgan fingerprint density at radius 1 is 1.17 bits per heavy atom. The normalized spacial score (nSPS) is 27.8. The van der Waals surface area contributed by atoms with Crippen LogP contribution < -0.4 is 10.6 Å². The van der Waals surface area contributed by atoms with Gasteiger partial charge in [0, 0.05) is 18.6 Å². The highest BCUT2D eigenvalue weighted by molar-refractivity contribution is 14.0. The molecule has 106 valence electrons. The molecule has 2 rings (SSSR count). The van der Waals surface area contributed by atoms with Gasteiger partial charge < -0.3 is 10.6 Å². The van der Waals surface area contributed by atoms with E-state index in [4.69, 9.17) is 0 Å². The molecule has 0 saturated heterocycles. The molecule has 0 aliphatic heterocycles. The number of hydrogen-bond donors (Lipinski definition) is 2. The molecule has 0 aromatic heterocycles. The van der Waals surface area contributed by atoms with E-state index in [0.29, 0.717) is 12.1 Å². The Bertz CT molecular complexity index is 262. The van der Waals surface area contributed by atoms with Crippen molar-refractivity contribution >= 4 is 29.9 Å². The van der Waals surface area contributed by atoms with Crippen molar-refractivity contribution < 1.29 is 0 Å². The van der Waals surface area contributed by atoms with Crippen LogP contribution in [0, 0.1) is 5.92 Å². The first-order valence-corrected chi connectivity index (χ1v) is 7.41. The van der Waals surface area contributed by atoms with Crippen LogP contribution in [0.2, 0.25) is 0 Å². The summed E-state index contributed by atoms with van der Waals surface area (Å²) in [6, 6.07) is 1.35. The molecule has 0 aromatic rings. The Morgan fingerprint density at radius 2 is 1.89 bits per heavy atom. The van der Waals surface area contributed by atoms with Gasteiger partial charge in [0.25, 0.3) is 0 Å². The van der Waals surface area contributed by atoms with Crippen molar-refractivity contribution in [2.24, 2.45) is 10.9 Å². The van der Waals surface area contributed by atoms with Crippen LogP contribution in [-0.4, -0.2) is 24.6 Å². The van der Waals surface area contributed by atoms with Crippen LogP contribution in [0.3, 0.4) is 0 Å². The largest absolute Gasteiger partial charge is 0.354 e. The third kappa shape index (κ3) is 4.94. The number of guanidine groups is 1. The van der Waals surface area contributed by atoms with Gasteiger partial charge in [-0.3, -0.25) is 4.99 Å². The summed E-state index contributed by atoms with van der Waals surface area (Å²) in [7, 11) is 0. The summed E-state index contributed by atoms with van der Waals surface area (Å²) in [5.41, 5.74) is 0. The minimum absolute atomic E-state index is 0. The summed E-state index contributed by atoms with van der Waals surface area (Å²) in [5.74, 6) is 1.95. The van der Waals surface area contributed by atoms with Gasteiger partial charge in [-0.05, 0) is 38.5 Å². The Hall–Kier alpha value is 0. The molecule has 18 heavy (non-hydrogen) atoms. The number of hydrogen-bond acceptors (Lipinski definition) is 1. The number of nitrogens with zero attached hydrogens (tertiary/aromatic N) is 1. The van der Waals surface area contributed by atoms with Crippen LogP contribution in [0.5, 0.6) is 0 Å². The maximum absolute atomic E-state index is 4.56. The zero-order valence-corrected chi connectivity index (χ0v) is 14.1. The first-order chi connectivity index (χ1) is 8.33. The van der Waals surface area contributed by atoms with Gasteiger partial charge in [-0.1, -0.05) is 26.2 Å². The third-order valence-corrected chi connectivity index (χ3v) is 3.92. The van der Waals surface area contributed by atoms with E-state index in [-0.39, 0.29) is 24.0 Å². The lowest BCUT2D eigenvalue weighted by Gasteiger charge is -2.17. The Labute approximate surface area is 129 Å². The van der Waals surface area contributed by atoms with Crippen LogP contribution in [0.1, 0.15) is 58.8 Å². The molecule has 2 saturated carbocycles. The summed E-state index contributed by atoms with van der Waals surface area (Å²) in [4.78, 5) is 4.56. The van der Waals surface area contributed by atoms with Gasteiger partial charge in [0.2, 0.25) is 0 Å². The van der Waals surface area contributed by atoms with Crippen LogP contribution >= 0.6 is 24.0 Å². The van der Waals surface area contributed by atoms with Crippen molar-refractivity contribution in [2.45, 2.75) is 70.9 Å². The van der Waals surface area contributed by atoms with Crippen molar-refractivity contribution in [1.29, 1.82) is 0 Å². The fraction of sp³-hybridized carbons (Fsp3) is 0.929. The van der Waals surface area contributed by atoms with E-state index in [0.717, 1.165) is 18.4 Å². The van der Waals surface area contributed by atoms with Gasteiger partial charge in [-0.2, -0.15) is 0 Å². The zero-order valence-electron chi connectivity index (χ0n) is 11.7. The summed E-state index contributed by atoms with van der Waals surface area (Å²) < 4.78 is 0. The van der Waals surface area contributed by atoms with Gasteiger partial charge in [0.05, 0.1) is 0 Å². The summed E-state index contributed by atoms with van der Waals surface area (Å²) >= 11 is 0. The lowest BCUT2D eigenvalue weighted by Crippen LogP contribution is -2.43. The van der Waals surface area contributed by atoms with Gasteiger partial charge in [0.15, 0.2) is 5.96 Å². The molecular formula is C14H28IN3. The second-order valence-electron chi connectivity index (χ2n) is 5.48. The molecule has 2 aliphatic carbocycles. The Balaban J connectivity index is 0.00000162. The molecular weight excluding hydrogens is 337 g/mol. The second kappa shape index (κ2) is 8.23. The topological polar surface area (TPSA) is 36.4 Å². The molecule has 0 aromatic carbocycles. The average Bonchev–Trinajstić information content (AvgIpc) is 2.83. The predicted octanol–water partition coefficient (Wildman–Crippen LogP) is 3.29. The lowest BCUT2D eigenvalue weighted by atomic mass is 10.2. The quantitative estimate of drug-likeness (QED) is 0.446. The Morgan fingerprint density at radius 3 is 2.50 bits per heavy atom. The molecule has 0 heterocycles. The van der Waals surface area contributed by atoms with Crippen molar-refractivity contribution in [3.05, 3.63) is 0 Å². The number of nitrogens with one attached hydrogen (secondary N) is 2. The predicted molar refractivity (Wildman–Crippen MR) is 88.7 cm³/mol. The summed E-state index contributed by atoms with van der Waals surface area (Å²) in [5, 5.41) is 7.18. The first kappa shape index (κ1) is 16.1. The van der Waals surface area contributed by atoms with Gasteiger partial charge in [-0.25, -0.2) is 0 Å². The first-order valence-electron chi connectivity index (χ1n) is 7.41. The summed E-state index contributed by atoms with van der Waals surface area (Å²) in [6.07, 6.45) is 9.38. The lowest BCUT2D eigenvalue weighted by molar-refractivity contribution is 0.600. The van der Waals surface area contributed by atoms with Crippen molar-refractivity contribution in [1.82, 2.24) is 10.6 Å². The number of halogens is 1. The molecule has 2 atom stereocenters. The molecule has 3 nitrogen and oxygen atoms in total. The maximum atomic E-state index is 4.56. The average molecular weight is 365 g/mol. The number of rotatable bonds is 5. The molecule has 2 aliphatic rings. The van der Waals surface area contributed by atoms with Crippen LogP contribution in [-0.2, 0) is 0 Å². The van der Waals surface area contributed by atoms with Crippen LogP contribution in [0.25, 0.3) is 0 Å². The minimum Gasteiger partial charge on any atom is -0.354 e. The van der Waals surface area contributed by atoms with E-state index in [9.17, 15) is 0 Å². The van der Waals surface area contributed by atoms with Crippen molar-refractivity contribution in [3.63, 3.8) is 0 Å². The van der Waals surface area contributed by atoms with Gasteiger partial charge >= 0.3 is 0 Å².